The number of unbranched alkanes of at least 4 members (excludes halogenated alkanes) is 1. The van der Waals surface area contributed by atoms with E-state index in [4.69, 9.17) is 4.99 Å². The number of allylic oxidation sites excluding steroid dienone is 1. The van der Waals surface area contributed by atoms with Gasteiger partial charge in [-0.05, 0) is 94.8 Å². The molecule has 1 unspecified atom stereocenters. The van der Waals surface area contributed by atoms with Crippen molar-refractivity contribution < 1.29 is 8.42 Å². The molecule has 1 fully saturated rings. The molecule has 0 radical (unpaired) electrons. The number of hydrogen-bond donors (Lipinski definition) is 1. The lowest BCUT2D eigenvalue weighted by Crippen LogP contribution is -2.42. The number of rotatable bonds is 9. The second kappa shape index (κ2) is 11.4. The Hall–Kier alpha value is -2.35. The van der Waals surface area contributed by atoms with Gasteiger partial charge in [-0.2, -0.15) is 0 Å². The number of aromatic nitrogens is 1. The van der Waals surface area contributed by atoms with Gasteiger partial charge in [0, 0.05) is 12.7 Å². The Labute approximate surface area is 204 Å². The molecular weight excluding hydrogens is 444 g/mol. The number of aryl methyl sites for hydroxylation is 1. The van der Waals surface area contributed by atoms with Gasteiger partial charge in [0.1, 0.15) is 0 Å². The van der Waals surface area contributed by atoms with Crippen LogP contribution < -0.4 is 4.72 Å². The number of likely N-dealkylation sites (tertiary alicyclic amines) is 1. The van der Waals surface area contributed by atoms with Crippen molar-refractivity contribution in [2.75, 3.05) is 19.6 Å². The molecule has 34 heavy (non-hydrogen) atoms. The Morgan fingerprint density at radius 3 is 2.65 bits per heavy atom. The zero-order valence-electron chi connectivity index (χ0n) is 20.3. The average Bonchev–Trinajstić information content (AvgIpc) is 2.85. The molecule has 1 aromatic carbocycles. The summed E-state index contributed by atoms with van der Waals surface area (Å²) in [7, 11) is -3.43. The largest absolute Gasteiger partial charge is 0.295 e. The van der Waals surface area contributed by atoms with Crippen LogP contribution in [-0.4, -0.2) is 49.7 Å². The summed E-state index contributed by atoms with van der Waals surface area (Å²) in [6.45, 7) is 6.83. The third-order valence-electron chi connectivity index (χ3n) is 6.86. The number of nitrogens with one attached hydrogen (secondary N) is 1. The van der Waals surface area contributed by atoms with E-state index in [1.54, 1.807) is 24.3 Å². The van der Waals surface area contributed by atoms with Crippen molar-refractivity contribution in [2.24, 2.45) is 4.99 Å². The molecule has 1 saturated heterocycles. The van der Waals surface area contributed by atoms with Crippen LogP contribution in [0.2, 0.25) is 0 Å². The van der Waals surface area contributed by atoms with Gasteiger partial charge >= 0.3 is 0 Å². The number of pyridine rings is 1. The van der Waals surface area contributed by atoms with Gasteiger partial charge in [-0.15, -0.1) is 0 Å². The predicted octanol–water partition coefficient (Wildman–Crippen LogP) is 4.86. The van der Waals surface area contributed by atoms with E-state index >= 15 is 0 Å². The second-order valence-corrected chi connectivity index (χ2v) is 11.1. The minimum absolute atomic E-state index is 0.322. The van der Waals surface area contributed by atoms with Gasteiger partial charge in [-0.25, -0.2) is 13.1 Å². The molecule has 182 valence electrons. The average molecular weight is 481 g/mol. The molecule has 0 amide bonds. The van der Waals surface area contributed by atoms with Gasteiger partial charge in [0.2, 0.25) is 10.0 Å². The fourth-order valence-electron chi connectivity index (χ4n) is 4.95. The predicted molar refractivity (Wildman–Crippen MR) is 138 cm³/mol. The Morgan fingerprint density at radius 1 is 1.03 bits per heavy atom. The molecule has 1 N–H and O–H groups in total. The standard InChI is InChI=1S/C27H36N4O2S/c1-21-11-10-17-28-26(21)24-16-15-22(2)27(30-24)25-14-6-8-19-31(25)20-9-7-18-29-34(32,33)23-12-4-3-5-13-23/h3-5,10-13,17,25,29H,6-9,14-16,18-20H2,1-2H3. The molecule has 0 bridgehead atoms. The fourth-order valence-corrected chi connectivity index (χ4v) is 6.04. The van der Waals surface area contributed by atoms with E-state index in [-0.39, 0.29) is 0 Å². The number of hydrogen-bond acceptors (Lipinski definition) is 5. The summed E-state index contributed by atoms with van der Waals surface area (Å²) in [5.74, 6) is 0. The van der Waals surface area contributed by atoms with Crippen molar-refractivity contribution in [3.8, 4) is 0 Å². The lowest BCUT2D eigenvalue weighted by atomic mass is 9.91. The zero-order valence-corrected chi connectivity index (χ0v) is 21.2. The smallest absolute Gasteiger partial charge is 0.240 e. The normalized spacial score (nSPS) is 19.8. The lowest BCUT2D eigenvalue weighted by Gasteiger charge is -2.38. The summed E-state index contributed by atoms with van der Waals surface area (Å²) < 4.78 is 27.6. The van der Waals surface area contributed by atoms with Crippen LogP contribution in [0.5, 0.6) is 0 Å². The van der Waals surface area contributed by atoms with Crippen molar-refractivity contribution in [1.82, 2.24) is 14.6 Å². The van der Waals surface area contributed by atoms with Crippen molar-refractivity contribution >= 4 is 15.7 Å². The first-order chi connectivity index (χ1) is 16.5. The third kappa shape index (κ3) is 6.01. The fraction of sp³-hybridized carbons (Fsp3) is 0.481. The van der Waals surface area contributed by atoms with Crippen LogP contribution in [0.1, 0.15) is 63.1 Å². The highest BCUT2D eigenvalue weighted by Crippen LogP contribution is 2.31. The Bertz CT molecular complexity index is 1140. The van der Waals surface area contributed by atoms with E-state index < -0.39 is 10.0 Å². The van der Waals surface area contributed by atoms with Crippen molar-refractivity contribution in [3.63, 3.8) is 0 Å². The topological polar surface area (TPSA) is 74.7 Å². The van der Waals surface area contributed by atoms with Crippen LogP contribution in [-0.2, 0) is 10.0 Å². The van der Waals surface area contributed by atoms with Gasteiger partial charge < -0.3 is 0 Å². The molecule has 0 aliphatic carbocycles. The SMILES string of the molecule is CC1=C(C2CCCCN2CCCCNS(=O)(=O)c2ccccc2)N=C(c2ncccc2C)CC1. The first kappa shape index (κ1) is 24.8. The lowest BCUT2D eigenvalue weighted by molar-refractivity contribution is 0.167. The molecule has 2 aliphatic rings. The van der Waals surface area contributed by atoms with Crippen molar-refractivity contribution in [2.45, 2.75) is 69.7 Å². The molecule has 6 nitrogen and oxygen atoms in total. The van der Waals surface area contributed by atoms with Crippen LogP contribution >= 0.6 is 0 Å². The highest BCUT2D eigenvalue weighted by atomic mass is 32.2. The maximum atomic E-state index is 12.4. The number of aliphatic imine (C=N–C) groups is 1. The molecule has 4 rings (SSSR count). The molecule has 2 aliphatic heterocycles. The number of piperidine rings is 1. The summed E-state index contributed by atoms with van der Waals surface area (Å²) >= 11 is 0. The van der Waals surface area contributed by atoms with E-state index in [0.717, 1.165) is 56.6 Å². The highest BCUT2D eigenvalue weighted by molar-refractivity contribution is 7.89. The van der Waals surface area contributed by atoms with Crippen molar-refractivity contribution in [1.29, 1.82) is 0 Å². The molecule has 0 spiro atoms. The van der Waals surface area contributed by atoms with E-state index in [1.165, 1.54) is 29.7 Å². The monoisotopic (exact) mass is 480 g/mol. The Morgan fingerprint density at radius 2 is 1.85 bits per heavy atom. The van der Waals surface area contributed by atoms with Crippen LogP contribution in [0, 0.1) is 6.92 Å². The van der Waals surface area contributed by atoms with E-state index in [0.29, 0.717) is 17.5 Å². The van der Waals surface area contributed by atoms with E-state index in [9.17, 15) is 8.42 Å². The zero-order chi connectivity index (χ0) is 24.0. The van der Waals surface area contributed by atoms with Crippen LogP contribution in [0.3, 0.4) is 0 Å². The summed E-state index contributed by atoms with van der Waals surface area (Å²) in [6.07, 6.45) is 9.17. The number of benzene rings is 1. The van der Waals surface area contributed by atoms with Crippen LogP contribution in [0.25, 0.3) is 0 Å². The van der Waals surface area contributed by atoms with Gasteiger partial charge in [0.05, 0.1) is 28.0 Å². The second-order valence-electron chi connectivity index (χ2n) is 9.36. The van der Waals surface area contributed by atoms with E-state index in [1.807, 2.05) is 18.3 Å². The number of nitrogens with zero attached hydrogens (tertiary/aromatic N) is 3. The maximum absolute atomic E-state index is 12.4. The molecule has 1 atom stereocenters. The molecule has 7 heteroatoms. The minimum Gasteiger partial charge on any atom is -0.295 e. The van der Waals surface area contributed by atoms with E-state index in [2.05, 4.69) is 34.5 Å². The third-order valence-corrected chi connectivity index (χ3v) is 8.34. The molecular formula is C27H36N4O2S. The summed E-state index contributed by atoms with van der Waals surface area (Å²) in [6, 6.07) is 13.0. The first-order valence-corrected chi connectivity index (χ1v) is 13.9. The Kier molecular flexibility index (Phi) is 8.29. The summed E-state index contributed by atoms with van der Waals surface area (Å²) in [5, 5.41) is 0. The number of sulfonamides is 1. The maximum Gasteiger partial charge on any atom is 0.240 e. The Balaban J connectivity index is 1.36. The van der Waals surface area contributed by atoms with Crippen LogP contribution in [0.15, 0.2) is 69.8 Å². The molecule has 3 heterocycles. The molecule has 1 aromatic heterocycles. The summed E-state index contributed by atoms with van der Waals surface area (Å²) in [5.41, 5.74) is 5.94. The van der Waals surface area contributed by atoms with Crippen LogP contribution in [0.4, 0.5) is 0 Å². The highest BCUT2D eigenvalue weighted by Gasteiger charge is 2.29. The quantitative estimate of drug-likeness (QED) is 0.520. The van der Waals surface area contributed by atoms with Gasteiger partial charge in [0.25, 0.3) is 0 Å². The van der Waals surface area contributed by atoms with Gasteiger partial charge in [0.15, 0.2) is 0 Å². The van der Waals surface area contributed by atoms with Crippen molar-refractivity contribution in [3.05, 3.63) is 71.2 Å². The summed E-state index contributed by atoms with van der Waals surface area (Å²) in [4.78, 5) is 12.7. The molecule has 2 aromatic rings. The van der Waals surface area contributed by atoms with Gasteiger partial charge in [-0.3, -0.25) is 14.9 Å². The molecule has 0 saturated carbocycles. The van der Waals surface area contributed by atoms with Gasteiger partial charge in [-0.1, -0.05) is 30.7 Å². The first-order valence-electron chi connectivity index (χ1n) is 12.4. The minimum atomic E-state index is -3.43.